The SMILES string of the molecule is NS(=O)(=O)N1C(=O)c2ccccc2C1=O. The maximum atomic E-state index is 11.5. The maximum Gasteiger partial charge on any atom is 0.308 e. The van der Waals surface area contributed by atoms with Crippen LogP contribution in [0.1, 0.15) is 20.7 Å². The molecule has 78 valence electrons. The van der Waals surface area contributed by atoms with Crippen LogP contribution in [0.5, 0.6) is 0 Å². The molecule has 1 aromatic carbocycles. The van der Waals surface area contributed by atoms with Crippen molar-refractivity contribution >= 4 is 22.0 Å². The number of carbonyl (C=O) groups excluding carboxylic acids is 2. The van der Waals surface area contributed by atoms with Gasteiger partial charge in [-0.05, 0) is 12.1 Å². The first kappa shape index (κ1) is 9.81. The number of nitrogens with zero attached hydrogens (tertiary/aromatic N) is 1. The monoisotopic (exact) mass is 226 g/mol. The zero-order chi connectivity index (χ0) is 11.2. The van der Waals surface area contributed by atoms with Crippen LogP contribution in [0.25, 0.3) is 0 Å². The average Bonchev–Trinajstić information content (AvgIpc) is 2.39. The number of hydrogen-bond donors (Lipinski definition) is 1. The average molecular weight is 226 g/mol. The highest BCUT2D eigenvalue weighted by Gasteiger charge is 2.41. The lowest BCUT2D eigenvalue weighted by molar-refractivity contribution is 0.0765. The normalized spacial score (nSPS) is 15.7. The number of imide groups is 1. The van der Waals surface area contributed by atoms with Crippen LogP contribution >= 0.6 is 0 Å². The van der Waals surface area contributed by atoms with Crippen molar-refractivity contribution in [1.82, 2.24) is 4.31 Å². The lowest BCUT2D eigenvalue weighted by atomic mass is 10.1. The first-order valence-corrected chi connectivity index (χ1v) is 5.44. The van der Waals surface area contributed by atoms with Gasteiger partial charge in [0, 0.05) is 0 Å². The van der Waals surface area contributed by atoms with E-state index in [1.165, 1.54) is 24.3 Å². The molecule has 1 aromatic rings. The number of benzene rings is 1. The molecule has 0 unspecified atom stereocenters. The van der Waals surface area contributed by atoms with E-state index >= 15 is 0 Å². The molecular formula is C8H6N2O4S. The number of fused-ring (bicyclic) bond motifs is 1. The summed E-state index contributed by atoms with van der Waals surface area (Å²) >= 11 is 0. The Morgan fingerprint density at radius 3 is 1.73 bits per heavy atom. The van der Waals surface area contributed by atoms with Crippen LogP contribution in [0, 0.1) is 0 Å². The molecule has 0 fully saturated rings. The molecule has 2 N–H and O–H groups in total. The Labute approximate surface area is 85.5 Å². The lowest BCUT2D eigenvalue weighted by Gasteiger charge is -2.08. The number of nitrogens with two attached hydrogens (primary N) is 1. The Bertz CT molecular complexity index is 529. The molecule has 0 saturated carbocycles. The topological polar surface area (TPSA) is 97.5 Å². The van der Waals surface area contributed by atoms with E-state index in [2.05, 4.69) is 0 Å². The fourth-order valence-corrected chi connectivity index (χ4v) is 2.06. The Kier molecular flexibility index (Phi) is 1.88. The van der Waals surface area contributed by atoms with Crippen LogP contribution in [0.15, 0.2) is 24.3 Å². The van der Waals surface area contributed by atoms with Crippen molar-refractivity contribution < 1.29 is 18.0 Å². The predicted octanol–water partition coefficient (Wildman–Crippen LogP) is -0.514. The third-order valence-corrected chi connectivity index (χ3v) is 2.85. The summed E-state index contributed by atoms with van der Waals surface area (Å²) in [5, 5.41) is 4.76. The molecule has 0 bridgehead atoms. The van der Waals surface area contributed by atoms with Crippen molar-refractivity contribution in [2.75, 3.05) is 0 Å². The lowest BCUT2D eigenvalue weighted by Crippen LogP contribution is -2.40. The summed E-state index contributed by atoms with van der Waals surface area (Å²) in [6.07, 6.45) is 0. The summed E-state index contributed by atoms with van der Waals surface area (Å²) in [6, 6.07) is 5.83. The molecule has 2 amide bonds. The number of carbonyl (C=O) groups is 2. The fourth-order valence-electron chi connectivity index (χ4n) is 1.40. The van der Waals surface area contributed by atoms with Gasteiger partial charge in [-0.15, -0.1) is 0 Å². The van der Waals surface area contributed by atoms with Crippen LogP contribution in [0.2, 0.25) is 0 Å². The molecule has 1 aliphatic heterocycles. The minimum Gasteiger partial charge on any atom is -0.267 e. The van der Waals surface area contributed by atoms with Gasteiger partial charge in [-0.3, -0.25) is 9.59 Å². The summed E-state index contributed by atoms with van der Waals surface area (Å²) in [7, 11) is -4.33. The van der Waals surface area contributed by atoms with Gasteiger partial charge in [0.15, 0.2) is 0 Å². The van der Waals surface area contributed by atoms with E-state index in [9.17, 15) is 18.0 Å². The van der Waals surface area contributed by atoms with Crippen molar-refractivity contribution in [1.29, 1.82) is 0 Å². The van der Waals surface area contributed by atoms with Crippen LogP contribution in [0.4, 0.5) is 0 Å². The summed E-state index contributed by atoms with van der Waals surface area (Å²) in [6.45, 7) is 0. The number of rotatable bonds is 1. The van der Waals surface area contributed by atoms with E-state index in [4.69, 9.17) is 5.14 Å². The minimum atomic E-state index is -4.33. The van der Waals surface area contributed by atoms with Gasteiger partial charge < -0.3 is 0 Å². The molecule has 0 aromatic heterocycles. The summed E-state index contributed by atoms with van der Waals surface area (Å²) in [5.74, 6) is -1.81. The molecule has 0 radical (unpaired) electrons. The molecule has 1 heterocycles. The van der Waals surface area contributed by atoms with E-state index in [-0.39, 0.29) is 15.4 Å². The largest absolute Gasteiger partial charge is 0.308 e. The summed E-state index contributed by atoms with van der Waals surface area (Å²) < 4.78 is 22.0. The van der Waals surface area contributed by atoms with E-state index < -0.39 is 22.0 Å². The molecule has 0 aliphatic carbocycles. The van der Waals surface area contributed by atoms with Crippen molar-refractivity contribution in [2.24, 2.45) is 5.14 Å². The molecule has 6 nitrogen and oxygen atoms in total. The van der Waals surface area contributed by atoms with Gasteiger partial charge in [-0.25, -0.2) is 5.14 Å². The Morgan fingerprint density at radius 1 is 1.00 bits per heavy atom. The highest BCUT2D eigenvalue weighted by Crippen LogP contribution is 2.23. The third-order valence-electron chi connectivity index (χ3n) is 2.01. The Morgan fingerprint density at radius 2 is 1.40 bits per heavy atom. The summed E-state index contributed by atoms with van der Waals surface area (Å²) in [4.78, 5) is 23.0. The number of amides is 2. The molecule has 15 heavy (non-hydrogen) atoms. The standard InChI is InChI=1S/C8H6N2O4S/c9-15(13,14)10-7(11)5-3-1-2-4-6(5)8(10)12/h1-4H,(H2,9,13,14). The van der Waals surface area contributed by atoms with Gasteiger partial charge in [0.2, 0.25) is 0 Å². The van der Waals surface area contributed by atoms with Gasteiger partial charge in [0.1, 0.15) is 0 Å². The number of hydrogen-bond acceptors (Lipinski definition) is 4. The van der Waals surface area contributed by atoms with Crippen molar-refractivity contribution in [3.8, 4) is 0 Å². The molecular weight excluding hydrogens is 220 g/mol. The van der Waals surface area contributed by atoms with E-state index in [0.29, 0.717) is 0 Å². The van der Waals surface area contributed by atoms with Crippen LogP contribution in [-0.2, 0) is 10.2 Å². The fraction of sp³-hybridized carbons (Fsp3) is 0. The molecule has 0 saturated heterocycles. The van der Waals surface area contributed by atoms with E-state index in [1.807, 2.05) is 0 Å². The Balaban J connectivity index is 2.66. The van der Waals surface area contributed by atoms with Crippen LogP contribution < -0.4 is 5.14 Å². The highest BCUT2D eigenvalue weighted by molar-refractivity contribution is 7.88. The van der Waals surface area contributed by atoms with Gasteiger partial charge in [0.25, 0.3) is 11.8 Å². The van der Waals surface area contributed by atoms with Crippen molar-refractivity contribution in [3.63, 3.8) is 0 Å². The van der Waals surface area contributed by atoms with Gasteiger partial charge in [0.05, 0.1) is 11.1 Å². The Hall–Kier alpha value is -1.73. The second-order valence-electron chi connectivity index (χ2n) is 2.97. The molecule has 0 atom stereocenters. The highest BCUT2D eigenvalue weighted by atomic mass is 32.2. The van der Waals surface area contributed by atoms with Gasteiger partial charge >= 0.3 is 10.2 Å². The van der Waals surface area contributed by atoms with Crippen LogP contribution in [-0.4, -0.2) is 24.5 Å². The molecule has 1 aliphatic rings. The molecule has 7 heteroatoms. The quantitative estimate of drug-likeness (QED) is 0.652. The van der Waals surface area contributed by atoms with E-state index in [0.717, 1.165) is 0 Å². The van der Waals surface area contributed by atoms with E-state index in [1.54, 1.807) is 0 Å². The smallest absolute Gasteiger partial charge is 0.267 e. The van der Waals surface area contributed by atoms with Crippen molar-refractivity contribution in [2.45, 2.75) is 0 Å². The first-order valence-electron chi connectivity index (χ1n) is 3.93. The van der Waals surface area contributed by atoms with Crippen LogP contribution in [0.3, 0.4) is 0 Å². The second kappa shape index (κ2) is 2.88. The second-order valence-corrected chi connectivity index (χ2v) is 4.36. The molecule has 0 spiro atoms. The maximum absolute atomic E-state index is 11.5. The zero-order valence-electron chi connectivity index (χ0n) is 7.38. The van der Waals surface area contributed by atoms with Gasteiger partial charge in [-0.2, -0.15) is 12.7 Å². The predicted molar refractivity (Wildman–Crippen MR) is 50.0 cm³/mol. The summed E-state index contributed by atoms with van der Waals surface area (Å²) in [5.41, 5.74) is 0.105. The zero-order valence-corrected chi connectivity index (χ0v) is 8.19. The minimum absolute atomic E-state index is 0.0523. The van der Waals surface area contributed by atoms with Crippen molar-refractivity contribution in [3.05, 3.63) is 35.4 Å². The van der Waals surface area contributed by atoms with Gasteiger partial charge in [-0.1, -0.05) is 12.1 Å². The third kappa shape index (κ3) is 1.32. The first-order chi connectivity index (χ1) is 6.93. The molecule has 2 rings (SSSR count).